The van der Waals surface area contributed by atoms with Crippen molar-refractivity contribution in [1.29, 1.82) is 0 Å². The molecule has 0 bridgehead atoms. The van der Waals surface area contributed by atoms with Gasteiger partial charge < -0.3 is 15.3 Å². The van der Waals surface area contributed by atoms with Crippen LogP contribution in [-0.2, 0) is 11.3 Å². The van der Waals surface area contributed by atoms with E-state index in [2.05, 4.69) is 56.3 Å². The highest BCUT2D eigenvalue weighted by Crippen LogP contribution is 2.46. The van der Waals surface area contributed by atoms with Gasteiger partial charge in [-0.2, -0.15) is 0 Å². The van der Waals surface area contributed by atoms with Gasteiger partial charge in [-0.1, -0.05) is 101 Å². The number of carbonyl (C=O) groups is 1. The van der Waals surface area contributed by atoms with E-state index in [4.69, 9.17) is 0 Å². The second-order valence-corrected chi connectivity index (χ2v) is 9.75. The number of rotatable bonds is 8. The number of phenols is 1. The Bertz CT molecular complexity index is 1120. The fraction of sp³-hybridized carbons (Fsp3) is 0.553. The van der Waals surface area contributed by atoms with Crippen LogP contribution in [0.5, 0.6) is 5.75 Å². The third kappa shape index (κ3) is 9.33. The lowest BCUT2D eigenvalue weighted by molar-refractivity contribution is -0.122. The molecule has 236 valence electrons. The number of fused-ring (bicyclic) bond motifs is 1. The van der Waals surface area contributed by atoms with Crippen molar-refractivity contribution in [3.05, 3.63) is 81.7 Å². The van der Waals surface area contributed by atoms with Crippen molar-refractivity contribution in [3.8, 4) is 5.75 Å². The van der Waals surface area contributed by atoms with Gasteiger partial charge >= 0.3 is 0 Å². The summed E-state index contributed by atoms with van der Waals surface area (Å²) < 4.78 is 0. The molecule has 2 heterocycles. The molecule has 1 unspecified atom stereocenters. The molecule has 1 aliphatic carbocycles. The molecule has 0 saturated carbocycles. The van der Waals surface area contributed by atoms with Crippen LogP contribution in [0.3, 0.4) is 0 Å². The van der Waals surface area contributed by atoms with Crippen molar-refractivity contribution in [1.82, 2.24) is 10.2 Å². The van der Waals surface area contributed by atoms with Crippen molar-refractivity contribution in [2.24, 2.45) is 5.92 Å². The summed E-state index contributed by atoms with van der Waals surface area (Å²) in [7, 11) is 0. The molecule has 3 aliphatic rings. The van der Waals surface area contributed by atoms with E-state index in [1.165, 1.54) is 18.4 Å². The molecule has 4 rings (SSSR count). The Balaban J connectivity index is 0.00000194. The number of aryl methyl sites for hydroxylation is 1. The smallest absolute Gasteiger partial charge is 0.140 e. The van der Waals surface area contributed by atoms with Crippen LogP contribution in [0.15, 0.2) is 65.1 Å². The third-order valence-corrected chi connectivity index (χ3v) is 7.55. The first-order valence-corrected chi connectivity index (χ1v) is 16.7. The Kier molecular flexibility index (Phi) is 19.5. The number of nitrogens with zero attached hydrogens (tertiary/aromatic N) is 1. The summed E-state index contributed by atoms with van der Waals surface area (Å²) in [6, 6.07) is 3.76. The molecule has 2 aliphatic heterocycles. The Morgan fingerprint density at radius 3 is 2.24 bits per heavy atom. The van der Waals surface area contributed by atoms with Gasteiger partial charge in [-0.25, -0.2) is 0 Å². The van der Waals surface area contributed by atoms with Crippen LogP contribution >= 0.6 is 0 Å². The molecule has 0 amide bonds. The van der Waals surface area contributed by atoms with Crippen LogP contribution in [0, 0.1) is 12.8 Å². The largest absolute Gasteiger partial charge is 0.508 e. The minimum absolute atomic E-state index is 0.0327. The fourth-order valence-electron chi connectivity index (χ4n) is 5.47. The minimum Gasteiger partial charge on any atom is -0.508 e. The zero-order valence-corrected chi connectivity index (χ0v) is 29.0. The predicted octanol–water partition coefficient (Wildman–Crippen LogP) is 10.4. The number of hydrogen-bond acceptors (Lipinski definition) is 4. The SMILES string of the molecule is C=C1C2=CC3=C(CCC(=O)C3CC)C(=C)N2C/C1=C/c1c(C)ccc(O)c1CNCCCCC.CC.CC.CC.CC. The zero-order chi connectivity index (χ0) is 32.4. The van der Waals surface area contributed by atoms with E-state index in [0.29, 0.717) is 31.0 Å². The quantitative estimate of drug-likeness (QED) is 0.301. The molecule has 0 aromatic heterocycles. The highest BCUT2D eigenvalue weighted by atomic mass is 16.3. The molecule has 1 fully saturated rings. The number of Topliss-reactive ketones (excluding diaryl/α,β-unsaturated/α-hetero) is 1. The summed E-state index contributed by atoms with van der Waals surface area (Å²) in [5, 5.41) is 14.2. The Morgan fingerprint density at radius 2 is 1.64 bits per heavy atom. The van der Waals surface area contributed by atoms with Crippen molar-refractivity contribution < 1.29 is 9.90 Å². The number of carbonyl (C=O) groups excluding carboxylic acids is 1. The first kappa shape index (κ1) is 39.1. The Hall–Kier alpha value is -2.85. The molecular formula is C38H62N2O2. The first-order valence-electron chi connectivity index (χ1n) is 16.7. The lowest BCUT2D eigenvalue weighted by Crippen LogP contribution is -2.30. The average Bonchev–Trinajstić information content (AvgIpc) is 3.35. The number of hydrogen-bond donors (Lipinski definition) is 2. The minimum atomic E-state index is -0.0327. The molecule has 1 aromatic rings. The zero-order valence-electron chi connectivity index (χ0n) is 29.0. The third-order valence-electron chi connectivity index (χ3n) is 7.55. The normalized spacial score (nSPS) is 17.8. The van der Waals surface area contributed by atoms with Gasteiger partial charge in [0, 0.05) is 42.4 Å². The number of phenolic OH excluding ortho intramolecular Hbond substituents is 1. The van der Waals surface area contributed by atoms with Gasteiger partial charge in [0.1, 0.15) is 11.5 Å². The van der Waals surface area contributed by atoms with E-state index in [1.54, 1.807) is 6.07 Å². The van der Waals surface area contributed by atoms with Gasteiger partial charge in [0.25, 0.3) is 0 Å². The topological polar surface area (TPSA) is 52.6 Å². The van der Waals surface area contributed by atoms with Gasteiger partial charge in [0.15, 0.2) is 0 Å². The molecule has 1 atom stereocenters. The maximum absolute atomic E-state index is 12.5. The van der Waals surface area contributed by atoms with E-state index in [1.807, 2.05) is 61.5 Å². The van der Waals surface area contributed by atoms with Gasteiger partial charge in [0.05, 0.1) is 0 Å². The van der Waals surface area contributed by atoms with E-state index < -0.39 is 0 Å². The van der Waals surface area contributed by atoms with Gasteiger partial charge in [-0.3, -0.25) is 4.79 Å². The predicted molar refractivity (Wildman–Crippen MR) is 186 cm³/mol. The molecule has 4 heteroatoms. The monoisotopic (exact) mass is 578 g/mol. The van der Waals surface area contributed by atoms with E-state index in [0.717, 1.165) is 70.6 Å². The Morgan fingerprint density at radius 1 is 1.00 bits per heavy atom. The van der Waals surface area contributed by atoms with Gasteiger partial charge in [-0.15, -0.1) is 0 Å². The second kappa shape index (κ2) is 20.9. The van der Waals surface area contributed by atoms with Crippen LogP contribution < -0.4 is 5.32 Å². The molecule has 2 N–H and O–H groups in total. The van der Waals surface area contributed by atoms with Crippen molar-refractivity contribution in [2.45, 2.75) is 121 Å². The number of benzene rings is 1. The standard InChI is InChI=1S/C30H38N2O2.4C2H6/c1-6-8-9-14-31-17-27-25(19(3)10-12-30(27)34)15-22-18-32-21(5)24-11-13-29(33)23(7-2)26(24)16-28(32)20(22)4;4*1-2/h10,12,15-16,23,31,34H,4-9,11,13-14,17-18H2,1-3H3;4*1-2H3/b22-15-;;;;. The average molecular weight is 579 g/mol. The highest BCUT2D eigenvalue weighted by Gasteiger charge is 2.37. The molecule has 0 radical (unpaired) electrons. The van der Waals surface area contributed by atoms with Crippen LogP contribution in [0.1, 0.15) is 124 Å². The van der Waals surface area contributed by atoms with Crippen molar-refractivity contribution in [2.75, 3.05) is 13.1 Å². The molecular weight excluding hydrogens is 516 g/mol. The first-order chi connectivity index (χ1) is 20.4. The van der Waals surface area contributed by atoms with Crippen LogP contribution in [-0.4, -0.2) is 28.9 Å². The fourth-order valence-corrected chi connectivity index (χ4v) is 5.47. The number of ketones is 1. The van der Waals surface area contributed by atoms with E-state index in [9.17, 15) is 9.90 Å². The summed E-state index contributed by atoms with van der Waals surface area (Å²) in [4.78, 5) is 14.8. The van der Waals surface area contributed by atoms with Gasteiger partial charge in [-0.05, 0) is 84.4 Å². The maximum Gasteiger partial charge on any atom is 0.140 e. The highest BCUT2D eigenvalue weighted by molar-refractivity contribution is 5.88. The summed E-state index contributed by atoms with van der Waals surface area (Å²) in [5.41, 5.74) is 9.67. The molecule has 42 heavy (non-hydrogen) atoms. The number of unbranched alkanes of at least 4 members (excludes halogenated alkanes) is 2. The van der Waals surface area contributed by atoms with Crippen molar-refractivity contribution >= 4 is 11.9 Å². The summed E-state index contributed by atoms with van der Waals surface area (Å²) >= 11 is 0. The summed E-state index contributed by atoms with van der Waals surface area (Å²) in [5.74, 6) is 0.631. The summed E-state index contributed by atoms with van der Waals surface area (Å²) in [6.07, 6.45) is 10.1. The van der Waals surface area contributed by atoms with E-state index >= 15 is 0 Å². The van der Waals surface area contributed by atoms with Crippen LogP contribution in [0.25, 0.3) is 6.08 Å². The maximum atomic E-state index is 12.5. The number of nitrogens with one attached hydrogen (secondary N) is 1. The molecule has 1 saturated heterocycles. The lowest BCUT2D eigenvalue weighted by Gasteiger charge is -2.35. The number of allylic oxidation sites excluding steroid dienone is 4. The van der Waals surface area contributed by atoms with Gasteiger partial charge in [0.2, 0.25) is 0 Å². The van der Waals surface area contributed by atoms with E-state index in [-0.39, 0.29) is 5.92 Å². The van der Waals surface area contributed by atoms with Crippen molar-refractivity contribution in [3.63, 3.8) is 0 Å². The number of aromatic hydroxyl groups is 1. The van der Waals surface area contributed by atoms with Crippen LogP contribution in [0.4, 0.5) is 0 Å². The Labute approximate surface area is 259 Å². The lowest BCUT2D eigenvalue weighted by atomic mass is 9.77. The molecule has 4 nitrogen and oxygen atoms in total. The molecule has 1 aromatic carbocycles. The second-order valence-electron chi connectivity index (χ2n) is 9.75. The summed E-state index contributed by atoms with van der Waals surface area (Å²) in [6.45, 7) is 33.5. The van der Waals surface area contributed by atoms with Crippen LogP contribution in [0.2, 0.25) is 0 Å². The molecule has 0 spiro atoms.